The van der Waals surface area contributed by atoms with Crippen molar-refractivity contribution in [3.8, 4) is 0 Å². The van der Waals surface area contributed by atoms with Crippen molar-refractivity contribution in [2.24, 2.45) is 0 Å². The second-order valence-corrected chi connectivity index (χ2v) is 4.54. The number of carbonyl (C=O) groups is 1. The Labute approximate surface area is 103 Å². The molecule has 2 aromatic rings. The first-order valence-electron chi connectivity index (χ1n) is 5.06. The van der Waals surface area contributed by atoms with E-state index in [2.05, 4.69) is 5.32 Å². The van der Waals surface area contributed by atoms with Crippen LogP contribution in [0, 0.1) is 0 Å². The van der Waals surface area contributed by atoms with Crippen LogP contribution in [0.5, 0.6) is 0 Å². The fourth-order valence-corrected chi connectivity index (χ4v) is 2.15. The van der Waals surface area contributed by atoms with Gasteiger partial charge in [-0.1, -0.05) is 0 Å². The molecule has 0 atom stereocenters. The molecular weight excluding hydrogens is 236 g/mol. The molecular formula is C12H12N2O2S. The number of hydrogen-bond donors (Lipinski definition) is 3. The Morgan fingerprint density at radius 3 is 2.53 bits per heavy atom. The van der Waals surface area contributed by atoms with Gasteiger partial charge < -0.3 is 16.2 Å². The highest BCUT2D eigenvalue weighted by atomic mass is 32.1. The summed E-state index contributed by atoms with van der Waals surface area (Å²) in [6.07, 6.45) is 0. The summed E-state index contributed by atoms with van der Waals surface area (Å²) in [6.45, 7) is 0.649. The van der Waals surface area contributed by atoms with Gasteiger partial charge in [0.25, 0.3) is 0 Å². The van der Waals surface area contributed by atoms with Gasteiger partial charge in [0.05, 0.1) is 12.1 Å². The van der Waals surface area contributed by atoms with Crippen LogP contribution in [0.1, 0.15) is 15.2 Å². The fourth-order valence-electron chi connectivity index (χ4n) is 1.41. The summed E-state index contributed by atoms with van der Waals surface area (Å²) < 4.78 is 0. The number of nitrogens with two attached hydrogens (primary N) is 1. The van der Waals surface area contributed by atoms with E-state index < -0.39 is 5.97 Å². The molecule has 1 heterocycles. The molecule has 0 bridgehead atoms. The lowest BCUT2D eigenvalue weighted by Crippen LogP contribution is -2.01. The highest BCUT2D eigenvalue weighted by molar-refractivity contribution is 7.10. The third kappa shape index (κ3) is 2.76. The average Bonchev–Trinajstić information content (AvgIpc) is 2.73. The molecule has 1 aromatic carbocycles. The number of aromatic carboxylic acids is 1. The summed E-state index contributed by atoms with van der Waals surface area (Å²) in [5.41, 5.74) is 7.70. The van der Waals surface area contributed by atoms with Crippen LogP contribution in [0.4, 0.5) is 11.4 Å². The highest BCUT2D eigenvalue weighted by Gasteiger charge is 2.03. The Kier molecular flexibility index (Phi) is 3.30. The van der Waals surface area contributed by atoms with E-state index in [-0.39, 0.29) is 5.56 Å². The topological polar surface area (TPSA) is 75.3 Å². The molecule has 0 amide bonds. The van der Waals surface area contributed by atoms with Gasteiger partial charge in [-0.3, -0.25) is 0 Å². The Morgan fingerprint density at radius 1 is 1.29 bits per heavy atom. The molecule has 0 aliphatic carbocycles. The first-order chi connectivity index (χ1) is 8.16. The molecule has 0 saturated heterocycles. The smallest absolute Gasteiger partial charge is 0.335 e. The number of nitrogen functional groups attached to an aromatic ring is 1. The molecule has 5 heteroatoms. The van der Waals surface area contributed by atoms with E-state index >= 15 is 0 Å². The molecule has 4 nitrogen and oxygen atoms in total. The zero-order valence-corrected chi connectivity index (χ0v) is 9.83. The monoisotopic (exact) mass is 248 g/mol. The van der Waals surface area contributed by atoms with Crippen LogP contribution in [0.2, 0.25) is 0 Å². The van der Waals surface area contributed by atoms with Crippen LogP contribution in [0.15, 0.2) is 35.7 Å². The van der Waals surface area contributed by atoms with E-state index in [9.17, 15) is 4.79 Å². The van der Waals surface area contributed by atoms with Gasteiger partial charge in [-0.05, 0) is 35.7 Å². The number of anilines is 2. The lowest BCUT2D eigenvalue weighted by Gasteiger charge is -2.05. The maximum atomic E-state index is 10.7. The van der Waals surface area contributed by atoms with Gasteiger partial charge in [-0.15, -0.1) is 11.3 Å². The molecule has 4 N–H and O–H groups in total. The van der Waals surface area contributed by atoms with Gasteiger partial charge in [-0.25, -0.2) is 4.79 Å². The van der Waals surface area contributed by atoms with E-state index in [1.807, 2.05) is 11.4 Å². The summed E-state index contributed by atoms with van der Waals surface area (Å²) in [5.74, 6) is -0.918. The van der Waals surface area contributed by atoms with Crippen molar-refractivity contribution in [3.05, 3.63) is 46.2 Å². The van der Waals surface area contributed by atoms with Crippen LogP contribution in [0.25, 0.3) is 0 Å². The summed E-state index contributed by atoms with van der Waals surface area (Å²) in [4.78, 5) is 11.7. The van der Waals surface area contributed by atoms with Crippen LogP contribution in [0.3, 0.4) is 0 Å². The Hall–Kier alpha value is -2.01. The lowest BCUT2D eigenvalue weighted by atomic mass is 10.2. The van der Waals surface area contributed by atoms with Crippen LogP contribution in [-0.2, 0) is 6.54 Å². The molecule has 0 aliphatic heterocycles. The van der Waals surface area contributed by atoms with Gasteiger partial charge in [-0.2, -0.15) is 0 Å². The molecule has 0 aliphatic rings. The number of rotatable bonds is 4. The third-order valence-electron chi connectivity index (χ3n) is 2.36. The number of carboxylic acids is 1. The maximum absolute atomic E-state index is 10.7. The maximum Gasteiger partial charge on any atom is 0.335 e. The van der Waals surface area contributed by atoms with Crippen LogP contribution < -0.4 is 11.1 Å². The van der Waals surface area contributed by atoms with Crippen molar-refractivity contribution in [1.82, 2.24) is 0 Å². The summed E-state index contributed by atoms with van der Waals surface area (Å²) >= 11 is 1.60. The van der Waals surface area contributed by atoms with E-state index in [0.717, 1.165) is 16.3 Å². The number of thiophene rings is 1. The minimum Gasteiger partial charge on any atom is -0.478 e. The molecule has 2 rings (SSSR count). The predicted molar refractivity (Wildman–Crippen MR) is 69.5 cm³/mol. The molecule has 0 saturated carbocycles. The zero-order valence-electron chi connectivity index (χ0n) is 9.01. The van der Waals surface area contributed by atoms with Gasteiger partial charge in [0.15, 0.2) is 0 Å². The zero-order chi connectivity index (χ0) is 12.3. The van der Waals surface area contributed by atoms with E-state index in [0.29, 0.717) is 6.54 Å². The molecule has 1 aromatic heterocycles. The van der Waals surface area contributed by atoms with Crippen molar-refractivity contribution in [2.75, 3.05) is 11.1 Å². The van der Waals surface area contributed by atoms with Crippen LogP contribution >= 0.6 is 11.3 Å². The summed E-state index contributed by atoms with van der Waals surface area (Å²) in [5, 5.41) is 13.9. The Morgan fingerprint density at radius 2 is 2.00 bits per heavy atom. The van der Waals surface area contributed by atoms with Crippen molar-refractivity contribution in [1.29, 1.82) is 0 Å². The molecule has 17 heavy (non-hydrogen) atoms. The first-order valence-corrected chi connectivity index (χ1v) is 5.94. The second kappa shape index (κ2) is 4.88. The molecule has 0 unspecified atom stereocenters. The van der Waals surface area contributed by atoms with Crippen molar-refractivity contribution in [3.63, 3.8) is 0 Å². The minimum atomic E-state index is -0.918. The van der Waals surface area contributed by atoms with Crippen molar-refractivity contribution < 1.29 is 9.90 Å². The lowest BCUT2D eigenvalue weighted by molar-refractivity contribution is 0.0697. The molecule has 0 spiro atoms. The minimum absolute atomic E-state index is 0.284. The number of hydrogen-bond acceptors (Lipinski definition) is 4. The van der Waals surface area contributed by atoms with E-state index in [4.69, 9.17) is 10.8 Å². The molecule has 88 valence electrons. The summed E-state index contributed by atoms with van der Waals surface area (Å²) in [7, 11) is 0. The largest absolute Gasteiger partial charge is 0.478 e. The van der Waals surface area contributed by atoms with Gasteiger partial charge >= 0.3 is 5.97 Å². The van der Waals surface area contributed by atoms with Crippen LogP contribution in [-0.4, -0.2) is 11.1 Å². The molecule has 0 fully saturated rings. The summed E-state index contributed by atoms with van der Waals surface area (Å²) in [6, 6.07) is 8.50. The fraction of sp³-hybridized carbons (Fsp3) is 0.0833. The van der Waals surface area contributed by atoms with E-state index in [1.165, 1.54) is 0 Å². The third-order valence-corrected chi connectivity index (χ3v) is 3.30. The molecule has 0 radical (unpaired) electrons. The SMILES string of the molecule is Nc1ccsc1CNc1ccc(C(=O)O)cc1. The van der Waals surface area contributed by atoms with Gasteiger partial charge in [0.1, 0.15) is 0 Å². The van der Waals surface area contributed by atoms with Gasteiger partial charge in [0, 0.05) is 16.3 Å². The predicted octanol–water partition coefficient (Wildman–Crippen LogP) is 2.64. The van der Waals surface area contributed by atoms with Crippen molar-refractivity contribution in [2.45, 2.75) is 6.54 Å². The number of benzene rings is 1. The second-order valence-electron chi connectivity index (χ2n) is 3.54. The quantitative estimate of drug-likeness (QED) is 0.777. The average molecular weight is 248 g/mol. The Balaban J connectivity index is 2.00. The highest BCUT2D eigenvalue weighted by Crippen LogP contribution is 2.20. The van der Waals surface area contributed by atoms with E-state index in [1.54, 1.807) is 35.6 Å². The normalized spacial score (nSPS) is 10.1. The number of carboxylic acid groups (broad SMARTS) is 1. The Bertz CT molecular complexity index is 520. The van der Waals surface area contributed by atoms with Gasteiger partial charge in [0.2, 0.25) is 0 Å². The number of nitrogens with one attached hydrogen (secondary N) is 1. The first kappa shape index (κ1) is 11.5. The standard InChI is InChI=1S/C12H12N2O2S/c13-10-5-6-17-11(10)7-14-9-3-1-8(2-4-9)12(15)16/h1-6,14H,7,13H2,(H,15,16). The van der Waals surface area contributed by atoms with Crippen molar-refractivity contribution >= 4 is 28.7 Å².